The van der Waals surface area contributed by atoms with Gasteiger partial charge in [-0.2, -0.15) is 18.9 Å². The zero-order chi connectivity index (χ0) is 18.1. The van der Waals surface area contributed by atoms with E-state index in [1.165, 1.54) is 18.5 Å². The number of hydrogen-bond donors (Lipinski definition) is 1. The Morgan fingerprint density at radius 1 is 1.08 bits per heavy atom. The van der Waals surface area contributed by atoms with Gasteiger partial charge >= 0.3 is 6.61 Å². The number of rotatable bonds is 4. The fourth-order valence-corrected chi connectivity index (χ4v) is 3.31. The number of aromatic nitrogens is 3. The SMILES string of the molecule is FC(F)Oc1ccc([C@@H]2C[C@H](c3ccc(Cl)cc3)Nc3ncnn32)cc1. The summed E-state index contributed by atoms with van der Waals surface area (Å²) in [6.07, 6.45) is 2.22. The number of anilines is 1. The Bertz CT molecular complexity index is 883. The zero-order valence-electron chi connectivity index (χ0n) is 13.5. The van der Waals surface area contributed by atoms with E-state index in [1.807, 2.05) is 24.3 Å². The van der Waals surface area contributed by atoms with Gasteiger partial charge in [0.2, 0.25) is 5.95 Å². The molecule has 1 aliphatic rings. The van der Waals surface area contributed by atoms with Gasteiger partial charge in [-0.15, -0.1) is 0 Å². The molecule has 8 heteroatoms. The maximum atomic E-state index is 12.3. The summed E-state index contributed by atoms with van der Waals surface area (Å²) in [7, 11) is 0. The van der Waals surface area contributed by atoms with Crippen LogP contribution in [0.3, 0.4) is 0 Å². The Labute approximate surface area is 153 Å². The summed E-state index contributed by atoms with van der Waals surface area (Å²) >= 11 is 5.98. The van der Waals surface area contributed by atoms with E-state index in [1.54, 1.807) is 16.8 Å². The van der Waals surface area contributed by atoms with Gasteiger partial charge < -0.3 is 10.1 Å². The highest BCUT2D eigenvalue weighted by Gasteiger charge is 2.29. The number of benzene rings is 2. The number of nitrogens with zero attached hydrogens (tertiary/aromatic N) is 3. The van der Waals surface area contributed by atoms with Crippen LogP contribution < -0.4 is 10.1 Å². The lowest BCUT2D eigenvalue weighted by molar-refractivity contribution is -0.0498. The van der Waals surface area contributed by atoms with E-state index in [2.05, 4.69) is 20.1 Å². The molecule has 26 heavy (non-hydrogen) atoms. The summed E-state index contributed by atoms with van der Waals surface area (Å²) in [5.74, 6) is 0.792. The first-order chi connectivity index (χ1) is 12.6. The number of halogens is 3. The van der Waals surface area contributed by atoms with E-state index in [4.69, 9.17) is 11.6 Å². The molecule has 4 rings (SSSR count). The van der Waals surface area contributed by atoms with Crippen molar-refractivity contribution in [3.8, 4) is 5.75 Å². The molecule has 2 aromatic carbocycles. The van der Waals surface area contributed by atoms with Gasteiger partial charge in [0, 0.05) is 5.02 Å². The summed E-state index contributed by atoms with van der Waals surface area (Å²) in [5.41, 5.74) is 2.03. The van der Waals surface area contributed by atoms with Crippen LogP contribution in [0, 0.1) is 0 Å². The molecule has 5 nitrogen and oxygen atoms in total. The fourth-order valence-electron chi connectivity index (χ4n) is 3.18. The second-order valence-electron chi connectivity index (χ2n) is 5.98. The van der Waals surface area contributed by atoms with Crippen LogP contribution >= 0.6 is 11.6 Å². The molecule has 0 spiro atoms. The molecular formula is C18H15ClF2N4O. The van der Waals surface area contributed by atoms with Crippen LogP contribution in [0.25, 0.3) is 0 Å². The summed E-state index contributed by atoms with van der Waals surface area (Å²) in [6, 6.07) is 14.2. The Balaban J connectivity index is 1.63. The molecule has 0 fully saturated rings. The Kier molecular flexibility index (Phi) is 4.46. The van der Waals surface area contributed by atoms with E-state index < -0.39 is 6.61 Å². The van der Waals surface area contributed by atoms with Crippen molar-refractivity contribution in [2.75, 3.05) is 5.32 Å². The van der Waals surface area contributed by atoms with Crippen molar-refractivity contribution in [3.63, 3.8) is 0 Å². The predicted molar refractivity (Wildman–Crippen MR) is 93.7 cm³/mol. The molecule has 0 saturated carbocycles. The third-order valence-electron chi connectivity index (χ3n) is 4.39. The van der Waals surface area contributed by atoms with Crippen molar-refractivity contribution in [1.29, 1.82) is 0 Å². The minimum Gasteiger partial charge on any atom is -0.435 e. The maximum absolute atomic E-state index is 12.3. The highest BCUT2D eigenvalue weighted by Crippen LogP contribution is 2.37. The molecule has 0 unspecified atom stereocenters. The van der Waals surface area contributed by atoms with Gasteiger partial charge in [0.15, 0.2) is 0 Å². The molecular weight excluding hydrogens is 362 g/mol. The van der Waals surface area contributed by atoms with E-state index >= 15 is 0 Å². The summed E-state index contributed by atoms with van der Waals surface area (Å²) in [6.45, 7) is -2.84. The quantitative estimate of drug-likeness (QED) is 0.718. The molecule has 1 aromatic heterocycles. The van der Waals surface area contributed by atoms with Crippen molar-refractivity contribution < 1.29 is 13.5 Å². The normalized spacial score (nSPS) is 19.1. The van der Waals surface area contributed by atoms with Crippen molar-refractivity contribution in [1.82, 2.24) is 14.8 Å². The lowest BCUT2D eigenvalue weighted by Crippen LogP contribution is -2.28. The molecule has 0 aliphatic carbocycles. The average molecular weight is 377 g/mol. The number of hydrogen-bond acceptors (Lipinski definition) is 4. The molecule has 2 atom stereocenters. The van der Waals surface area contributed by atoms with Gasteiger partial charge in [-0.25, -0.2) is 4.68 Å². The van der Waals surface area contributed by atoms with Gasteiger partial charge in [0.1, 0.15) is 12.1 Å². The van der Waals surface area contributed by atoms with Crippen LogP contribution in [0.15, 0.2) is 54.9 Å². The minimum absolute atomic E-state index is 0.0333. The van der Waals surface area contributed by atoms with E-state index in [9.17, 15) is 8.78 Å². The van der Waals surface area contributed by atoms with E-state index in [0.717, 1.165) is 17.5 Å². The first kappa shape index (κ1) is 16.8. The molecule has 0 amide bonds. The Morgan fingerprint density at radius 3 is 2.46 bits per heavy atom. The van der Waals surface area contributed by atoms with Crippen LogP contribution in [0.4, 0.5) is 14.7 Å². The lowest BCUT2D eigenvalue weighted by Gasteiger charge is -2.32. The standard InChI is InChI=1S/C18H15ClF2N4O/c19-13-5-1-11(2-6-13)15-9-16(25-18(24-15)22-10-23-25)12-3-7-14(8-4-12)26-17(20)21/h1-8,10,15-17H,9H2,(H,22,23,24)/t15-,16+/m1/s1. The minimum atomic E-state index is -2.84. The third kappa shape index (κ3) is 3.35. The molecule has 134 valence electrons. The molecule has 0 radical (unpaired) electrons. The molecule has 3 aromatic rings. The van der Waals surface area contributed by atoms with Crippen molar-refractivity contribution in [2.45, 2.75) is 25.1 Å². The summed E-state index contributed by atoms with van der Waals surface area (Å²) < 4.78 is 30.9. The number of nitrogens with one attached hydrogen (secondary N) is 1. The third-order valence-corrected chi connectivity index (χ3v) is 4.64. The van der Waals surface area contributed by atoms with Gasteiger partial charge in [-0.1, -0.05) is 35.9 Å². The monoisotopic (exact) mass is 376 g/mol. The second-order valence-corrected chi connectivity index (χ2v) is 6.41. The largest absolute Gasteiger partial charge is 0.435 e. The van der Waals surface area contributed by atoms with Gasteiger partial charge in [0.05, 0.1) is 12.1 Å². The summed E-state index contributed by atoms with van der Waals surface area (Å²) in [5, 5.41) is 8.35. The first-order valence-corrected chi connectivity index (χ1v) is 8.44. The Morgan fingerprint density at radius 2 is 1.77 bits per heavy atom. The summed E-state index contributed by atoms with van der Waals surface area (Å²) in [4.78, 5) is 4.27. The predicted octanol–water partition coefficient (Wildman–Crippen LogP) is 4.68. The van der Waals surface area contributed by atoms with Gasteiger partial charge in [-0.05, 0) is 41.8 Å². The zero-order valence-corrected chi connectivity index (χ0v) is 14.3. The lowest BCUT2D eigenvalue weighted by atomic mass is 9.93. The van der Waals surface area contributed by atoms with Crippen molar-refractivity contribution in [2.24, 2.45) is 0 Å². The fraction of sp³-hybridized carbons (Fsp3) is 0.222. The van der Waals surface area contributed by atoms with Crippen molar-refractivity contribution >= 4 is 17.5 Å². The first-order valence-electron chi connectivity index (χ1n) is 8.06. The van der Waals surface area contributed by atoms with Crippen LogP contribution in [0.1, 0.15) is 29.6 Å². The van der Waals surface area contributed by atoms with Crippen LogP contribution in [0.5, 0.6) is 5.75 Å². The molecule has 2 heterocycles. The average Bonchev–Trinajstić information content (AvgIpc) is 3.10. The van der Waals surface area contributed by atoms with Gasteiger partial charge in [0.25, 0.3) is 0 Å². The molecule has 1 N–H and O–H groups in total. The number of fused-ring (bicyclic) bond motifs is 1. The smallest absolute Gasteiger partial charge is 0.387 e. The number of ether oxygens (including phenoxy) is 1. The van der Waals surface area contributed by atoms with E-state index in [-0.39, 0.29) is 17.8 Å². The van der Waals surface area contributed by atoms with Crippen molar-refractivity contribution in [3.05, 3.63) is 71.0 Å². The molecule has 1 aliphatic heterocycles. The molecule has 0 saturated heterocycles. The Hall–Kier alpha value is -2.67. The number of alkyl halides is 2. The van der Waals surface area contributed by atoms with E-state index in [0.29, 0.717) is 11.0 Å². The van der Waals surface area contributed by atoms with Crippen LogP contribution in [0.2, 0.25) is 5.02 Å². The maximum Gasteiger partial charge on any atom is 0.387 e. The topological polar surface area (TPSA) is 52.0 Å². The van der Waals surface area contributed by atoms with Gasteiger partial charge in [-0.3, -0.25) is 0 Å². The second kappa shape index (κ2) is 6.92. The van der Waals surface area contributed by atoms with Crippen LogP contribution in [-0.2, 0) is 0 Å². The highest BCUT2D eigenvalue weighted by atomic mass is 35.5. The highest BCUT2D eigenvalue weighted by molar-refractivity contribution is 6.30. The molecule has 0 bridgehead atoms. The van der Waals surface area contributed by atoms with Crippen LogP contribution in [-0.4, -0.2) is 21.4 Å².